The van der Waals surface area contributed by atoms with E-state index in [9.17, 15) is 19.5 Å². The van der Waals surface area contributed by atoms with E-state index in [-0.39, 0.29) is 42.0 Å². The molecule has 190 valence electrons. The lowest BCUT2D eigenvalue weighted by molar-refractivity contribution is -0.137. The van der Waals surface area contributed by atoms with Gasteiger partial charge in [0, 0.05) is 53.2 Å². The zero-order valence-electron chi connectivity index (χ0n) is 20.3. The fourth-order valence-corrected chi connectivity index (χ4v) is 5.96. The zero-order valence-corrected chi connectivity index (χ0v) is 21.1. The lowest BCUT2D eigenvalue weighted by Gasteiger charge is -2.50. The molecule has 0 aromatic heterocycles. The van der Waals surface area contributed by atoms with Crippen LogP contribution in [0.1, 0.15) is 60.2 Å². The van der Waals surface area contributed by atoms with Crippen LogP contribution in [0.3, 0.4) is 0 Å². The standard InChI is InChI=1S/C27H29ClFN3O4/c1-26(2)15-31(13-16-3-5-17(28)6-4-16)12-11-27(26,36)20-8-7-18-19(23(20)29)14-32(25(18)35)21-9-10-22(33)30-24(21)34/h3-8,21,36H,9-15H2,1-2H3,(H,30,33,34). The van der Waals surface area contributed by atoms with Crippen LogP contribution in [0.4, 0.5) is 4.39 Å². The number of nitrogens with zero attached hydrogens (tertiary/aromatic N) is 2. The van der Waals surface area contributed by atoms with Crippen LogP contribution in [0.25, 0.3) is 0 Å². The van der Waals surface area contributed by atoms with Crippen molar-refractivity contribution in [1.82, 2.24) is 15.1 Å². The van der Waals surface area contributed by atoms with E-state index in [1.165, 1.54) is 11.0 Å². The normalized spacial score (nSPS) is 26.2. The highest BCUT2D eigenvalue weighted by molar-refractivity contribution is 6.30. The van der Waals surface area contributed by atoms with Gasteiger partial charge in [-0.3, -0.25) is 24.6 Å². The van der Waals surface area contributed by atoms with Gasteiger partial charge in [-0.1, -0.05) is 43.6 Å². The molecule has 2 N–H and O–H groups in total. The van der Waals surface area contributed by atoms with Crippen LogP contribution in [0.2, 0.25) is 5.02 Å². The quantitative estimate of drug-likeness (QED) is 0.612. The molecular weight excluding hydrogens is 485 g/mol. The SMILES string of the molecule is CC1(C)CN(Cc2ccc(Cl)cc2)CCC1(O)c1ccc2c(c1F)CN(C1CCC(=O)NC1=O)C2=O. The first-order chi connectivity index (χ1) is 17.0. The molecule has 36 heavy (non-hydrogen) atoms. The van der Waals surface area contributed by atoms with E-state index < -0.39 is 34.7 Å². The van der Waals surface area contributed by atoms with E-state index in [1.807, 2.05) is 38.1 Å². The van der Waals surface area contributed by atoms with Crippen molar-refractivity contribution in [1.29, 1.82) is 0 Å². The van der Waals surface area contributed by atoms with Crippen molar-refractivity contribution in [2.45, 2.75) is 57.8 Å². The Morgan fingerprint density at radius 3 is 2.53 bits per heavy atom. The average molecular weight is 514 g/mol. The third-order valence-corrected chi connectivity index (χ3v) is 8.19. The van der Waals surface area contributed by atoms with E-state index in [1.54, 1.807) is 6.07 Å². The first kappa shape index (κ1) is 24.9. The Morgan fingerprint density at radius 1 is 1.14 bits per heavy atom. The third kappa shape index (κ3) is 4.11. The molecule has 0 radical (unpaired) electrons. The van der Waals surface area contributed by atoms with Gasteiger partial charge in [-0.15, -0.1) is 0 Å². The van der Waals surface area contributed by atoms with Gasteiger partial charge >= 0.3 is 0 Å². The number of halogens is 2. The van der Waals surface area contributed by atoms with Crippen molar-refractivity contribution >= 4 is 29.3 Å². The number of amides is 3. The molecule has 2 atom stereocenters. The molecule has 0 bridgehead atoms. The fraction of sp³-hybridized carbons (Fsp3) is 0.444. The molecule has 2 saturated heterocycles. The highest BCUT2D eigenvalue weighted by atomic mass is 35.5. The van der Waals surface area contributed by atoms with Gasteiger partial charge < -0.3 is 10.0 Å². The summed E-state index contributed by atoms with van der Waals surface area (Å²) in [7, 11) is 0. The molecular formula is C27H29ClFN3O4. The van der Waals surface area contributed by atoms with Gasteiger partial charge in [0.25, 0.3) is 5.91 Å². The molecule has 3 amide bonds. The number of aliphatic hydroxyl groups is 1. The largest absolute Gasteiger partial charge is 0.384 e. The lowest BCUT2D eigenvalue weighted by Crippen LogP contribution is -2.55. The molecule has 0 spiro atoms. The highest BCUT2D eigenvalue weighted by Crippen LogP contribution is 2.48. The predicted octanol–water partition coefficient (Wildman–Crippen LogP) is 3.36. The molecule has 3 aliphatic heterocycles. The van der Waals surface area contributed by atoms with Gasteiger partial charge in [-0.05, 0) is 36.6 Å². The van der Waals surface area contributed by atoms with Gasteiger partial charge in [-0.25, -0.2) is 4.39 Å². The Hall–Kier alpha value is -2.81. The number of hydrogen-bond acceptors (Lipinski definition) is 5. The monoisotopic (exact) mass is 513 g/mol. The minimum atomic E-state index is -1.44. The second kappa shape index (κ2) is 8.94. The number of nitrogens with one attached hydrogen (secondary N) is 1. The maximum atomic E-state index is 16.0. The minimum absolute atomic E-state index is 0.0701. The van der Waals surface area contributed by atoms with Crippen molar-refractivity contribution in [2.24, 2.45) is 5.41 Å². The summed E-state index contributed by atoms with van der Waals surface area (Å²) < 4.78 is 16.0. The molecule has 5 rings (SSSR count). The summed E-state index contributed by atoms with van der Waals surface area (Å²) in [5, 5.41) is 14.8. The number of rotatable bonds is 4. The average Bonchev–Trinajstić information content (AvgIpc) is 3.15. The third-order valence-electron chi connectivity index (χ3n) is 7.94. The Morgan fingerprint density at radius 2 is 1.86 bits per heavy atom. The summed E-state index contributed by atoms with van der Waals surface area (Å²) in [5.41, 5.74) is -0.448. The summed E-state index contributed by atoms with van der Waals surface area (Å²) in [6, 6.07) is 9.89. The van der Waals surface area contributed by atoms with E-state index in [4.69, 9.17) is 11.6 Å². The maximum Gasteiger partial charge on any atom is 0.255 e. The second-order valence-corrected chi connectivity index (χ2v) is 11.1. The second-order valence-electron chi connectivity index (χ2n) is 10.7. The minimum Gasteiger partial charge on any atom is -0.384 e. The molecule has 2 fully saturated rings. The first-order valence-electron chi connectivity index (χ1n) is 12.2. The Bertz CT molecular complexity index is 1250. The van der Waals surface area contributed by atoms with E-state index >= 15 is 4.39 Å². The maximum absolute atomic E-state index is 16.0. The molecule has 0 aliphatic carbocycles. The number of hydrogen-bond donors (Lipinski definition) is 2. The van der Waals surface area contributed by atoms with Crippen LogP contribution in [-0.2, 0) is 28.3 Å². The number of benzene rings is 2. The van der Waals surface area contributed by atoms with E-state index in [2.05, 4.69) is 10.2 Å². The summed E-state index contributed by atoms with van der Waals surface area (Å²) in [5.74, 6) is -1.95. The number of imide groups is 1. The predicted molar refractivity (Wildman–Crippen MR) is 131 cm³/mol. The molecule has 0 saturated carbocycles. The first-order valence-corrected chi connectivity index (χ1v) is 12.5. The molecule has 3 aliphatic rings. The van der Waals surface area contributed by atoms with Crippen LogP contribution < -0.4 is 5.32 Å². The van der Waals surface area contributed by atoms with Crippen molar-refractivity contribution in [3.63, 3.8) is 0 Å². The number of carbonyl (C=O) groups is 3. The lowest BCUT2D eigenvalue weighted by atomic mass is 9.66. The summed E-state index contributed by atoms with van der Waals surface area (Å²) >= 11 is 6.00. The van der Waals surface area contributed by atoms with Gasteiger partial charge in [0.05, 0.1) is 12.1 Å². The van der Waals surface area contributed by atoms with Crippen molar-refractivity contribution < 1.29 is 23.9 Å². The highest BCUT2D eigenvalue weighted by Gasteiger charge is 2.51. The van der Waals surface area contributed by atoms with Gasteiger partial charge in [0.2, 0.25) is 11.8 Å². The molecule has 2 aromatic rings. The van der Waals surface area contributed by atoms with Crippen molar-refractivity contribution in [3.8, 4) is 0 Å². The number of piperidine rings is 2. The fourth-order valence-electron chi connectivity index (χ4n) is 5.83. The smallest absolute Gasteiger partial charge is 0.255 e. The Kier molecular flexibility index (Phi) is 6.17. The summed E-state index contributed by atoms with van der Waals surface area (Å²) in [4.78, 5) is 40.4. The number of carbonyl (C=O) groups excluding carboxylic acids is 3. The summed E-state index contributed by atoms with van der Waals surface area (Å²) in [6.07, 6.45) is 0.665. The molecule has 7 nitrogen and oxygen atoms in total. The van der Waals surface area contributed by atoms with E-state index in [0.29, 0.717) is 31.1 Å². The van der Waals surface area contributed by atoms with Crippen LogP contribution in [0.5, 0.6) is 0 Å². The summed E-state index contributed by atoms with van der Waals surface area (Å²) in [6.45, 7) is 5.59. The van der Waals surface area contributed by atoms with Crippen LogP contribution >= 0.6 is 11.6 Å². The zero-order chi connectivity index (χ0) is 25.8. The van der Waals surface area contributed by atoms with Crippen LogP contribution in [0, 0.1) is 11.2 Å². The van der Waals surface area contributed by atoms with E-state index in [0.717, 1.165) is 5.56 Å². The van der Waals surface area contributed by atoms with Gasteiger partial charge in [0.15, 0.2) is 0 Å². The molecule has 2 aromatic carbocycles. The van der Waals surface area contributed by atoms with Crippen molar-refractivity contribution in [2.75, 3.05) is 13.1 Å². The molecule has 2 unspecified atom stereocenters. The van der Waals surface area contributed by atoms with Crippen molar-refractivity contribution in [3.05, 3.63) is 69.5 Å². The Balaban J connectivity index is 1.38. The van der Waals surface area contributed by atoms with Gasteiger partial charge in [-0.2, -0.15) is 0 Å². The molecule has 9 heteroatoms. The van der Waals surface area contributed by atoms with Crippen LogP contribution in [0.15, 0.2) is 36.4 Å². The van der Waals surface area contributed by atoms with Gasteiger partial charge in [0.1, 0.15) is 11.9 Å². The molecule has 3 heterocycles. The number of likely N-dealkylation sites (tertiary alicyclic amines) is 1. The Labute approximate surface area is 214 Å². The van der Waals surface area contributed by atoms with Crippen LogP contribution in [-0.4, -0.2) is 51.8 Å². The topological polar surface area (TPSA) is 89.9 Å². The number of fused-ring (bicyclic) bond motifs is 1.